The van der Waals surface area contributed by atoms with Gasteiger partial charge in [-0.05, 0) is 51.6 Å². The van der Waals surface area contributed by atoms with E-state index in [-0.39, 0.29) is 18.4 Å². The first-order valence-corrected chi connectivity index (χ1v) is 10.8. The molecule has 0 aliphatic carbocycles. The number of hydrogen-bond acceptors (Lipinski definition) is 5. The molecule has 2 fully saturated rings. The molecule has 8 heteroatoms. The summed E-state index contributed by atoms with van der Waals surface area (Å²) in [7, 11) is 0. The summed E-state index contributed by atoms with van der Waals surface area (Å²) < 4.78 is 5.58. The average Bonchev–Trinajstić information content (AvgIpc) is 2.64. The number of piperidine rings is 2. The van der Waals surface area contributed by atoms with Crippen LogP contribution in [0.4, 0.5) is 5.69 Å². The fraction of sp³-hybridized carbons (Fsp3) is 0.619. The number of benzene rings is 1. The predicted molar refractivity (Wildman–Crippen MR) is 113 cm³/mol. The molecular weight excluding hydrogens is 394 g/mol. The Morgan fingerprint density at radius 3 is 2.62 bits per heavy atom. The Morgan fingerprint density at radius 2 is 2.00 bits per heavy atom. The van der Waals surface area contributed by atoms with E-state index in [0.717, 1.165) is 32.2 Å². The number of carbonyl (C=O) groups excluding carboxylic acids is 1. The highest BCUT2D eigenvalue weighted by Gasteiger charge is 2.38. The van der Waals surface area contributed by atoms with Crippen molar-refractivity contribution in [1.82, 2.24) is 10.2 Å². The van der Waals surface area contributed by atoms with Gasteiger partial charge in [0.05, 0.1) is 22.9 Å². The summed E-state index contributed by atoms with van der Waals surface area (Å²) in [6, 6.07) is 4.03. The Morgan fingerprint density at radius 1 is 1.31 bits per heavy atom. The molecule has 1 aromatic rings. The summed E-state index contributed by atoms with van der Waals surface area (Å²) in [6.07, 6.45) is 5.99. The standard InChI is InChI=1S/C21H30ClN3O4/c1-2-29-19-12-18(23)17(22)11-16(19)21(28)24-13-9-14-5-3-6-15(10-13)25(14)8-4-7-20(26)27/h11-15H,2-10,23H2,1H3,(H,24,28)(H,26,27). The van der Waals surface area contributed by atoms with Gasteiger partial charge in [0.15, 0.2) is 0 Å². The highest BCUT2D eigenvalue weighted by Crippen LogP contribution is 2.35. The number of nitrogens with one attached hydrogen (secondary N) is 1. The van der Waals surface area contributed by atoms with E-state index in [4.69, 9.17) is 27.2 Å². The lowest BCUT2D eigenvalue weighted by Gasteiger charge is -2.49. The van der Waals surface area contributed by atoms with Crippen molar-refractivity contribution >= 4 is 29.2 Å². The number of fused-ring (bicyclic) bond motifs is 2. The van der Waals surface area contributed by atoms with Crippen LogP contribution in [-0.4, -0.2) is 53.2 Å². The third-order valence-electron chi connectivity index (χ3n) is 5.91. The quantitative estimate of drug-likeness (QED) is 0.554. The normalized spacial score (nSPS) is 24.1. The number of aliphatic carboxylic acids is 1. The molecule has 2 unspecified atom stereocenters. The molecule has 29 heavy (non-hydrogen) atoms. The first-order chi connectivity index (χ1) is 13.9. The van der Waals surface area contributed by atoms with Gasteiger partial charge in [0.2, 0.25) is 0 Å². The van der Waals surface area contributed by atoms with Crippen LogP contribution in [0.3, 0.4) is 0 Å². The number of nitrogen functional groups attached to an aromatic ring is 1. The van der Waals surface area contributed by atoms with Gasteiger partial charge in [-0.2, -0.15) is 0 Å². The van der Waals surface area contributed by atoms with Crippen LogP contribution in [0.5, 0.6) is 5.75 Å². The Bertz CT molecular complexity index is 744. The van der Waals surface area contributed by atoms with Crippen LogP contribution in [0.1, 0.15) is 62.2 Å². The molecule has 2 atom stereocenters. The molecule has 2 heterocycles. The summed E-state index contributed by atoms with van der Waals surface area (Å²) in [6.45, 7) is 3.10. The molecule has 0 radical (unpaired) electrons. The Balaban J connectivity index is 1.65. The van der Waals surface area contributed by atoms with Gasteiger partial charge < -0.3 is 20.9 Å². The first kappa shape index (κ1) is 21.7. The number of rotatable bonds is 8. The molecule has 160 valence electrons. The van der Waals surface area contributed by atoms with E-state index in [1.54, 1.807) is 12.1 Å². The molecule has 0 saturated carbocycles. The maximum atomic E-state index is 13.0. The maximum absolute atomic E-state index is 13.0. The molecule has 1 aromatic carbocycles. The second-order valence-electron chi connectivity index (χ2n) is 7.92. The van der Waals surface area contributed by atoms with Crippen LogP contribution < -0.4 is 15.8 Å². The van der Waals surface area contributed by atoms with E-state index < -0.39 is 5.97 Å². The van der Waals surface area contributed by atoms with Crippen molar-refractivity contribution in [1.29, 1.82) is 0 Å². The largest absolute Gasteiger partial charge is 0.493 e. The highest BCUT2D eigenvalue weighted by atomic mass is 35.5. The first-order valence-electron chi connectivity index (χ1n) is 10.4. The van der Waals surface area contributed by atoms with Gasteiger partial charge >= 0.3 is 5.97 Å². The van der Waals surface area contributed by atoms with E-state index in [9.17, 15) is 9.59 Å². The molecule has 3 rings (SSSR count). The SMILES string of the molecule is CCOc1cc(N)c(Cl)cc1C(=O)NC1CC2CCCC(C1)N2CCCC(=O)O. The van der Waals surface area contributed by atoms with Crippen molar-refractivity contribution in [2.45, 2.75) is 70.0 Å². The number of carbonyl (C=O) groups is 2. The number of ether oxygens (including phenoxy) is 1. The van der Waals surface area contributed by atoms with E-state index in [1.165, 1.54) is 6.42 Å². The van der Waals surface area contributed by atoms with E-state index >= 15 is 0 Å². The van der Waals surface area contributed by atoms with Crippen molar-refractivity contribution in [3.05, 3.63) is 22.7 Å². The summed E-state index contributed by atoms with van der Waals surface area (Å²) in [5.41, 5.74) is 6.64. The van der Waals surface area contributed by atoms with Gasteiger partial charge in [-0.15, -0.1) is 0 Å². The lowest BCUT2D eigenvalue weighted by atomic mass is 9.81. The Kier molecular flexibility index (Phi) is 7.24. The molecule has 4 N–H and O–H groups in total. The van der Waals surface area contributed by atoms with Gasteiger partial charge in [-0.3, -0.25) is 14.5 Å². The zero-order chi connectivity index (χ0) is 21.0. The van der Waals surface area contributed by atoms with Crippen LogP contribution in [0, 0.1) is 0 Å². The van der Waals surface area contributed by atoms with Crippen LogP contribution in [-0.2, 0) is 4.79 Å². The molecule has 0 aromatic heterocycles. The summed E-state index contributed by atoms with van der Waals surface area (Å²) in [4.78, 5) is 26.2. The minimum atomic E-state index is -0.746. The van der Waals surface area contributed by atoms with Gasteiger partial charge in [-0.25, -0.2) is 0 Å². The zero-order valence-electron chi connectivity index (χ0n) is 16.8. The number of carboxylic acids is 1. The zero-order valence-corrected chi connectivity index (χ0v) is 17.6. The van der Waals surface area contributed by atoms with E-state index in [1.807, 2.05) is 6.92 Å². The number of amides is 1. The van der Waals surface area contributed by atoms with Crippen molar-refractivity contribution < 1.29 is 19.4 Å². The average molecular weight is 424 g/mol. The highest BCUT2D eigenvalue weighted by molar-refractivity contribution is 6.33. The lowest BCUT2D eigenvalue weighted by molar-refractivity contribution is -0.137. The third kappa shape index (κ3) is 5.34. The Hall–Kier alpha value is -1.99. The minimum Gasteiger partial charge on any atom is -0.493 e. The molecular formula is C21H30ClN3O4. The molecule has 7 nitrogen and oxygen atoms in total. The number of nitrogens with two attached hydrogens (primary N) is 1. The number of hydrogen-bond donors (Lipinski definition) is 3. The van der Waals surface area contributed by atoms with Gasteiger partial charge in [0, 0.05) is 30.6 Å². The topological polar surface area (TPSA) is 105 Å². The molecule has 2 bridgehead atoms. The predicted octanol–water partition coefficient (Wildman–Crippen LogP) is 3.30. The smallest absolute Gasteiger partial charge is 0.303 e. The maximum Gasteiger partial charge on any atom is 0.303 e. The monoisotopic (exact) mass is 423 g/mol. The number of anilines is 1. The number of nitrogens with zero attached hydrogens (tertiary/aromatic N) is 1. The van der Waals surface area contributed by atoms with Crippen LogP contribution >= 0.6 is 11.6 Å². The van der Waals surface area contributed by atoms with Gasteiger partial charge in [0.25, 0.3) is 5.91 Å². The molecule has 2 saturated heterocycles. The van der Waals surface area contributed by atoms with Crippen molar-refractivity contribution in [3.63, 3.8) is 0 Å². The molecule has 0 spiro atoms. The van der Waals surface area contributed by atoms with Crippen LogP contribution in [0.15, 0.2) is 12.1 Å². The second-order valence-corrected chi connectivity index (χ2v) is 8.33. The van der Waals surface area contributed by atoms with E-state index in [2.05, 4.69) is 10.2 Å². The van der Waals surface area contributed by atoms with Crippen molar-refractivity contribution in [2.24, 2.45) is 0 Å². The summed E-state index contributed by atoms with van der Waals surface area (Å²) in [5.74, 6) is -0.500. The molecule has 1 amide bonds. The lowest BCUT2D eigenvalue weighted by Crippen LogP contribution is -2.57. The van der Waals surface area contributed by atoms with Gasteiger partial charge in [0.1, 0.15) is 5.75 Å². The molecule has 2 aliphatic rings. The Labute approximate surface area is 176 Å². The number of carboxylic acid groups (broad SMARTS) is 1. The van der Waals surface area contributed by atoms with Crippen molar-refractivity contribution in [3.8, 4) is 5.75 Å². The van der Waals surface area contributed by atoms with Crippen molar-refractivity contribution in [2.75, 3.05) is 18.9 Å². The van der Waals surface area contributed by atoms with Gasteiger partial charge in [-0.1, -0.05) is 18.0 Å². The van der Waals surface area contributed by atoms with Crippen LogP contribution in [0.25, 0.3) is 0 Å². The second kappa shape index (κ2) is 9.67. The number of halogens is 1. The third-order valence-corrected chi connectivity index (χ3v) is 6.24. The minimum absolute atomic E-state index is 0.0827. The molecule has 2 aliphatic heterocycles. The van der Waals surface area contributed by atoms with E-state index in [0.29, 0.717) is 47.1 Å². The summed E-state index contributed by atoms with van der Waals surface area (Å²) in [5, 5.41) is 12.4. The summed E-state index contributed by atoms with van der Waals surface area (Å²) >= 11 is 6.13. The fourth-order valence-electron chi connectivity index (χ4n) is 4.66. The van der Waals surface area contributed by atoms with Crippen LogP contribution in [0.2, 0.25) is 5.02 Å². The fourth-order valence-corrected chi connectivity index (χ4v) is 4.82.